The molecule has 1 aliphatic rings. The summed E-state index contributed by atoms with van der Waals surface area (Å²) in [6, 6.07) is 11.0. The van der Waals surface area contributed by atoms with Gasteiger partial charge in [-0.15, -0.1) is 0 Å². The Hall–Kier alpha value is -1.61. The summed E-state index contributed by atoms with van der Waals surface area (Å²) in [5.41, 5.74) is 2.50. The van der Waals surface area contributed by atoms with Crippen LogP contribution in [-0.2, 0) is 0 Å². The number of rotatable bonds is 5. The predicted octanol–water partition coefficient (Wildman–Crippen LogP) is 3.36. The summed E-state index contributed by atoms with van der Waals surface area (Å²) in [5.74, 6) is 1.36. The molecule has 0 saturated heterocycles. The van der Waals surface area contributed by atoms with E-state index in [1.165, 1.54) is 18.4 Å². The molecular weight excluding hydrogens is 246 g/mol. The average molecular weight is 269 g/mol. The Bertz CT molecular complexity index is 546. The highest BCUT2D eigenvalue weighted by molar-refractivity contribution is 5.32. The highest BCUT2D eigenvalue weighted by atomic mass is 15.3. The number of hydrogen-bond acceptors (Lipinski definition) is 2. The second-order valence-electron chi connectivity index (χ2n) is 5.82. The summed E-state index contributed by atoms with van der Waals surface area (Å²) in [7, 11) is 0. The minimum absolute atomic E-state index is 0.654. The van der Waals surface area contributed by atoms with Crippen LogP contribution in [0.25, 0.3) is 5.69 Å². The summed E-state index contributed by atoms with van der Waals surface area (Å²) in [6.07, 6.45) is 6.66. The van der Waals surface area contributed by atoms with Crippen LogP contribution in [0.3, 0.4) is 0 Å². The molecule has 0 amide bonds. The monoisotopic (exact) mass is 269 g/mol. The van der Waals surface area contributed by atoms with Crippen LogP contribution in [0.4, 0.5) is 0 Å². The van der Waals surface area contributed by atoms with Gasteiger partial charge in [-0.25, -0.2) is 4.68 Å². The number of nitrogens with zero attached hydrogens (tertiary/aromatic N) is 2. The van der Waals surface area contributed by atoms with Crippen LogP contribution in [0, 0.1) is 5.92 Å². The van der Waals surface area contributed by atoms with Crippen LogP contribution in [0.2, 0.25) is 0 Å². The maximum atomic E-state index is 4.51. The van der Waals surface area contributed by atoms with E-state index < -0.39 is 0 Å². The molecule has 3 nitrogen and oxygen atoms in total. The number of para-hydroxylation sites is 1. The zero-order chi connectivity index (χ0) is 13.9. The molecule has 2 aromatic rings. The van der Waals surface area contributed by atoms with Crippen molar-refractivity contribution in [2.45, 2.75) is 38.6 Å². The first-order valence-electron chi connectivity index (χ1n) is 7.63. The van der Waals surface area contributed by atoms with Crippen molar-refractivity contribution in [3.63, 3.8) is 0 Å². The van der Waals surface area contributed by atoms with Crippen LogP contribution in [-0.4, -0.2) is 22.4 Å². The van der Waals surface area contributed by atoms with Gasteiger partial charge in [0.05, 0.1) is 11.9 Å². The van der Waals surface area contributed by atoms with Crippen molar-refractivity contribution in [3.05, 3.63) is 48.3 Å². The second kappa shape index (κ2) is 5.80. The molecule has 3 heteroatoms. The molecule has 3 unspecified atom stereocenters. The third kappa shape index (κ3) is 2.50. The van der Waals surface area contributed by atoms with Gasteiger partial charge in [0.2, 0.25) is 0 Å². The van der Waals surface area contributed by atoms with Gasteiger partial charge < -0.3 is 5.32 Å². The van der Waals surface area contributed by atoms with Gasteiger partial charge in [0, 0.05) is 12.2 Å². The molecule has 0 aliphatic heterocycles. The molecule has 1 N–H and O–H groups in total. The number of nitrogens with one attached hydrogen (secondary N) is 1. The summed E-state index contributed by atoms with van der Waals surface area (Å²) >= 11 is 0. The topological polar surface area (TPSA) is 29.9 Å². The van der Waals surface area contributed by atoms with Gasteiger partial charge in [-0.1, -0.05) is 32.0 Å². The SMILES string of the molecule is CCCNC1CC(c2cnn(-c3ccccc3)c2)C1C. The smallest absolute Gasteiger partial charge is 0.0645 e. The number of hydrogen-bond donors (Lipinski definition) is 1. The van der Waals surface area contributed by atoms with Crippen molar-refractivity contribution in [2.24, 2.45) is 5.92 Å². The van der Waals surface area contributed by atoms with Gasteiger partial charge in [-0.2, -0.15) is 5.10 Å². The number of benzene rings is 1. The fraction of sp³-hybridized carbons (Fsp3) is 0.471. The normalized spacial score (nSPS) is 25.4. The fourth-order valence-corrected chi connectivity index (χ4v) is 3.08. The Kier molecular flexibility index (Phi) is 3.88. The Labute approximate surface area is 121 Å². The third-order valence-electron chi connectivity index (χ3n) is 4.49. The molecule has 1 aromatic carbocycles. The Morgan fingerprint density at radius 2 is 2.10 bits per heavy atom. The van der Waals surface area contributed by atoms with Crippen LogP contribution < -0.4 is 5.32 Å². The van der Waals surface area contributed by atoms with E-state index in [4.69, 9.17) is 0 Å². The molecule has 3 atom stereocenters. The molecule has 1 aliphatic carbocycles. The van der Waals surface area contributed by atoms with E-state index in [0.717, 1.165) is 12.2 Å². The summed E-state index contributed by atoms with van der Waals surface area (Å²) in [4.78, 5) is 0. The van der Waals surface area contributed by atoms with Crippen molar-refractivity contribution >= 4 is 0 Å². The first-order chi connectivity index (χ1) is 9.79. The van der Waals surface area contributed by atoms with E-state index in [2.05, 4.69) is 42.6 Å². The standard InChI is InChI=1S/C17H23N3/c1-3-9-18-17-10-16(13(17)2)14-11-19-20(12-14)15-7-5-4-6-8-15/h4-8,11-13,16-18H,3,9-10H2,1-2H3. The molecule has 106 valence electrons. The van der Waals surface area contributed by atoms with Crippen LogP contribution in [0.15, 0.2) is 42.7 Å². The molecule has 1 saturated carbocycles. The predicted molar refractivity (Wildman–Crippen MR) is 82.2 cm³/mol. The highest BCUT2D eigenvalue weighted by Crippen LogP contribution is 2.42. The lowest BCUT2D eigenvalue weighted by Crippen LogP contribution is -2.47. The van der Waals surface area contributed by atoms with Crippen LogP contribution in [0.5, 0.6) is 0 Å². The largest absolute Gasteiger partial charge is 0.314 e. The zero-order valence-corrected chi connectivity index (χ0v) is 12.3. The maximum absolute atomic E-state index is 4.51. The molecule has 3 rings (SSSR count). The Morgan fingerprint density at radius 1 is 1.30 bits per heavy atom. The summed E-state index contributed by atoms with van der Waals surface area (Å²) in [5, 5.41) is 8.14. The van der Waals surface area contributed by atoms with Gasteiger partial charge in [-0.05, 0) is 48.9 Å². The Morgan fingerprint density at radius 3 is 2.80 bits per heavy atom. The first-order valence-corrected chi connectivity index (χ1v) is 7.63. The van der Waals surface area contributed by atoms with E-state index in [1.54, 1.807) is 0 Å². The van der Waals surface area contributed by atoms with Gasteiger partial charge in [-0.3, -0.25) is 0 Å². The van der Waals surface area contributed by atoms with Gasteiger partial charge in [0.25, 0.3) is 0 Å². The third-order valence-corrected chi connectivity index (χ3v) is 4.49. The zero-order valence-electron chi connectivity index (χ0n) is 12.3. The van der Waals surface area contributed by atoms with Crippen molar-refractivity contribution in [1.29, 1.82) is 0 Å². The minimum Gasteiger partial charge on any atom is -0.314 e. The van der Waals surface area contributed by atoms with E-state index in [0.29, 0.717) is 17.9 Å². The lowest BCUT2D eigenvalue weighted by Gasteiger charge is -2.43. The first kappa shape index (κ1) is 13.4. The minimum atomic E-state index is 0.654. The lowest BCUT2D eigenvalue weighted by molar-refractivity contribution is 0.185. The average Bonchev–Trinajstić information content (AvgIpc) is 2.96. The van der Waals surface area contributed by atoms with E-state index in [1.807, 2.05) is 29.1 Å². The second-order valence-corrected chi connectivity index (χ2v) is 5.82. The van der Waals surface area contributed by atoms with Gasteiger partial charge in [0.15, 0.2) is 0 Å². The molecule has 0 radical (unpaired) electrons. The molecular formula is C17H23N3. The van der Waals surface area contributed by atoms with E-state index in [9.17, 15) is 0 Å². The van der Waals surface area contributed by atoms with Crippen molar-refractivity contribution < 1.29 is 0 Å². The quantitative estimate of drug-likeness (QED) is 0.902. The van der Waals surface area contributed by atoms with Crippen molar-refractivity contribution in [1.82, 2.24) is 15.1 Å². The molecule has 0 bridgehead atoms. The molecule has 0 spiro atoms. The molecule has 1 aromatic heterocycles. The lowest BCUT2D eigenvalue weighted by atomic mass is 9.68. The molecule has 20 heavy (non-hydrogen) atoms. The van der Waals surface area contributed by atoms with Gasteiger partial charge >= 0.3 is 0 Å². The van der Waals surface area contributed by atoms with E-state index >= 15 is 0 Å². The van der Waals surface area contributed by atoms with Crippen LogP contribution >= 0.6 is 0 Å². The van der Waals surface area contributed by atoms with Gasteiger partial charge in [0.1, 0.15) is 0 Å². The summed E-state index contributed by atoms with van der Waals surface area (Å²) in [6.45, 7) is 5.70. The molecule has 1 heterocycles. The maximum Gasteiger partial charge on any atom is 0.0645 e. The van der Waals surface area contributed by atoms with E-state index in [-0.39, 0.29) is 0 Å². The Balaban J connectivity index is 1.67. The fourth-order valence-electron chi connectivity index (χ4n) is 3.08. The van der Waals surface area contributed by atoms with Crippen LogP contribution in [0.1, 0.15) is 38.2 Å². The van der Waals surface area contributed by atoms with Crippen molar-refractivity contribution in [2.75, 3.05) is 6.54 Å². The summed E-state index contributed by atoms with van der Waals surface area (Å²) < 4.78 is 1.98. The molecule has 1 fully saturated rings. The van der Waals surface area contributed by atoms with Crippen molar-refractivity contribution in [3.8, 4) is 5.69 Å². The number of aromatic nitrogens is 2. The highest BCUT2D eigenvalue weighted by Gasteiger charge is 2.38.